The minimum atomic E-state index is 0.215. The number of likely N-dealkylation sites (tertiary alicyclic amines) is 1. The van der Waals surface area contributed by atoms with Gasteiger partial charge in [0.1, 0.15) is 6.04 Å². The summed E-state index contributed by atoms with van der Waals surface area (Å²) in [6.45, 7) is 4.48. The second-order valence-electron chi connectivity index (χ2n) is 8.28. The summed E-state index contributed by atoms with van der Waals surface area (Å²) in [4.78, 5) is 20.9. The summed E-state index contributed by atoms with van der Waals surface area (Å²) < 4.78 is 1.22. The number of thiazole rings is 1. The van der Waals surface area contributed by atoms with E-state index in [-0.39, 0.29) is 11.9 Å². The van der Waals surface area contributed by atoms with Gasteiger partial charge >= 0.3 is 0 Å². The van der Waals surface area contributed by atoms with Crippen LogP contribution in [0.3, 0.4) is 0 Å². The van der Waals surface area contributed by atoms with Crippen LogP contribution in [0.15, 0.2) is 54.6 Å². The van der Waals surface area contributed by atoms with E-state index in [1.54, 1.807) is 11.3 Å². The lowest BCUT2D eigenvalue weighted by Gasteiger charge is -2.33. The number of carbonyl (C=O) groups is 1. The maximum Gasteiger partial charge on any atom is 0.277 e. The summed E-state index contributed by atoms with van der Waals surface area (Å²) in [7, 11) is 2.11. The Morgan fingerprint density at radius 2 is 1.83 bits per heavy atom. The fourth-order valence-corrected chi connectivity index (χ4v) is 5.24. The molecule has 1 aliphatic rings. The van der Waals surface area contributed by atoms with Crippen LogP contribution < -0.4 is 4.90 Å². The molecule has 0 saturated carbocycles. The molecule has 1 fully saturated rings. The first-order valence-corrected chi connectivity index (χ1v) is 11.4. The quantitative estimate of drug-likeness (QED) is 0.679. The Morgan fingerprint density at radius 3 is 2.55 bits per heavy atom. The molecular weight excluding hydrogens is 378 g/mol. The Morgan fingerprint density at radius 1 is 1.14 bits per heavy atom. The second-order valence-corrected chi connectivity index (χ2v) is 9.34. The van der Waals surface area contributed by atoms with Crippen molar-refractivity contribution in [3.8, 4) is 0 Å². The van der Waals surface area contributed by atoms with Gasteiger partial charge in [-0.2, -0.15) is 0 Å². The topological polar surface area (TPSA) is 37.6 Å². The molecule has 1 amide bonds. The number of benzene rings is 2. The van der Waals surface area contributed by atoms with Crippen LogP contribution in [0.5, 0.6) is 0 Å². The van der Waals surface area contributed by atoms with Gasteiger partial charge in [0.25, 0.3) is 5.91 Å². The molecule has 1 aromatic heterocycles. The first kappa shape index (κ1) is 20.0. The number of carbonyl (C=O) groups excluding carboxylic acids is 1. The molecule has 0 radical (unpaired) electrons. The van der Waals surface area contributed by atoms with Crippen molar-refractivity contribution in [2.45, 2.75) is 32.2 Å². The minimum absolute atomic E-state index is 0.215. The highest BCUT2D eigenvalue weighted by atomic mass is 32.1. The second kappa shape index (κ2) is 9.06. The minimum Gasteiger partial charge on any atom is -0.338 e. The van der Waals surface area contributed by atoms with Crippen LogP contribution in [0.4, 0.5) is 0 Å². The van der Waals surface area contributed by atoms with Gasteiger partial charge in [0.2, 0.25) is 0 Å². The molecule has 5 heteroatoms. The van der Waals surface area contributed by atoms with Gasteiger partial charge in [-0.3, -0.25) is 4.79 Å². The number of amides is 1. The number of hydrogen-bond donors (Lipinski definition) is 1. The Hall–Kier alpha value is -2.24. The number of quaternary nitrogens is 1. The monoisotopic (exact) mass is 408 g/mol. The number of hydrogen-bond acceptors (Lipinski definition) is 3. The molecule has 3 aromatic rings. The van der Waals surface area contributed by atoms with Crippen LogP contribution in [0, 0.1) is 5.92 Å². The van der Waals surface area contributed by atoms with E-state index in [9.17, 15) is 4.79 Å². The van der Waals surface area contributed by atoms with Gasteiger partial charge < -0.3 is 9.80 Å². The SMILES string of the molecule is C[C@H](c1nc2ccccc2s1)[NH+](C)CC(=O)N1CCC(Cc2ccccc2)CC1. The molecule has 2 aromatic carbocycles. The van der Waals surface area contributed by atoms with E-state index in [0.29, 0.717) is 12.5 Å². The van der Waals surface area contributed by atoms with E-state index in [1.807, 2.05) is 6.07 Å². The van der Waals surface area contributed by atoms with Crippen molar-refractivity contribution in [1.29, 1.82) is 0 Å². The number of para-hydroxylation sites is 1. The summed E-state index contributed by atoms with van der Waals surface area (Å²) in [6, 6.07) is 19.2. The third-order valence-electron chi connectivity index (χ3n) is 6.18. The Balaban J connectivity index is 1.28. The molecule has 4 rings (SSSR count). The molecule has 4 nitrogen and oxygen atoms in total. The molecule has 1 aliphatic heterocycles. The number of rotatable bonds is 6. The van der Waals surface area contributed by atoms with Gasteiger partial charge in [-0.05, 0) is 49.8 Å². The van der Waals surface area contributed by atoms with Crippen molar-refractivity contribution in [3.05, 3.63) is 65.2 Å². The van der Waals surface area contributed by atoms with Crippen molar-refractivity contribution in [2.24, 2.45) is 5.92 Å². The number of fused-ring (bicyclic) bond motifs is 1. The predicted molar refractivity (Wildman–Crippen MR) is 119 cm³/mol. The van der Waals surface area contributed by atoms with E-state index in [1.165, 1.54) is 15.2 Å². The van der Waals surface area contributed by atoms with E-state index < -0.39 is 0 Å². The summed E-state index contributed by atoms with van der Waals surface area (Å²) in [5.74, 6) is 0.960. The molecule has 29 heavy (non-hydrogen) atoms. The standard InChI is InChI=1S/C24H29N3OS/c1-18(24-25-21-10-6-7-11-22(21)29-24)26(2)17-23(28)27-14-12-20(13-15-27)16-19-8-4-3-5-9-19/h3-11,18,20H,12-17H2,1-2H3/p+1/t18-/m1/s1. The molecule has 2 atom stereocenters. The lowest BCUT2D eigenvalue weighted by atomic mass is 9.90. The maximum atomic E-state index is 12.9. The number of aromatic nitrogens is 1. The number of likely N-dealkylation sites (N-methyl/N-ethyl adjacent to an activating group) is 1. The molecule has 0 bridgehead atoms. The van der Waals surface area contributed by atoms with E-state index >= 15 is 0 Å². The van der Waals surface area contributed by atoms with Crippen LogP contribution in [0.1, 0.15) is 36.4 Å². The van der Waals surface area contributed by atoms with Gasteiger partial charge in [0.15, 0.2) is 11.6 Å². The average molecular weight is 409 g/mol. The Labute approximate surface area is 177 Å². The van der Waals surface area contributed by atoms with Gasteiger partial charge in [0, 0.05) is 13.1 Å². The van der Waals surface area contributed by atoms with Crippen LogP contribution in [-0.4, -0.2) is 42.5 Å². The van der Waals surface area contributed by atoms with Crippen molar-refractivity contribution in [2.75, 3.05) is 26.7 Å². The molecule has 0 spiro atoms. The first-order valence-electron chi connectivity index (χ1n) is 10.6. The zero-order valence-corrected chi connectivity index (χ0v) is 18.1. The Bertz CT molecular complexity index is 914. The summed E-state index contributed by atoms with van der Waals surface area (Å²) >= 11 is 1.74. The average Bonchev–Trinajstić information content (AvgIpc) is 3.18. The zero-order valence-electron chi connectivity index (χ0n) is 17.3. The van der Waals surface area contributed by atoms with Crippen LogP contribution >= 0.6 is 11.3 Å². The lowest BCUT2D eigenvalue weighted by Crippen LogP contribution is -3.10. The highest BCUT2D eigenvalue weighted by molar-refractivity contribution is 7.18. The maximum absolute atomic E-state index is 12.9. The van der Waals surface area contributed by atoms with E-state index in [0.717, 1.165) is 42.9 Å². The molecule has 0 aliphatic carbocycles. The largest absolute Gasteiger partial charge is 0.338 e. The third kappa shape index (κ3) is 4.85. The molecule has 152 valence electrons. The zero-order chi connectivity index (χ0) is 20.2. The van der Waals surface area contributed by atoms with Crippen LogP contribution in [0.25, 0.3) is 10.2 Å². The lowest BCUT2D eigenvalue weighted by molar-refractivity contribution is -0.902. The summed E-state index contributed by atoms with van der Waals surface area (Å²) in [5, 5.41) is 1.11. The van der Waals surface area contributed by atoms with Crippen LogP contribution in [0.2, 0.25) is 0 Å². The number of nitrogens with zero attached hydrogens (tertiary/aromatic N) is 2. The van der Waals surface area contributed by atoms with Gasteiger partial charge in [-0.15, -0.1) is 11.3 Å². The van der Waals surface area contributed by atoms with E-state index in [2.05, 4.69) is 67.4 Å². The third-order valence-corrected chi connectivity index (χ3v) is 7.40. The first-order chi connectivity index (χ1) is 14.1. The molecule has 2 heterocycles. The summed E-state index contributed by atoms with van der Waals surface area (Å²) in [6.07, 6.45) is 3.34. The van der Waals surface area contributed by atoms with E-state index in [4.69, 9.17) is 4.98 Å². The fourth-order valence-electron chi connectivity index (χ4n) is 4.12. The van der Waals surface area contributed by atoms with Gasteiger partial charge in [0.05, 0.1) is 17.3 Å². The van der Waals surface area contributed by atoms with Crippen molar-refractivity contribution >= 4 is 27.5 Å². The molecule has 1 saturated heterocycles. The Kier molecular flexibility index (Phi) is 6.26. The normalized spacial score (nSPS) is 17.4. The molecular formula is C24H30N3OS+. The number of piperidine rings is 1. The number of nitrogens with one attached hydrogen (secondary N) is 1. The van der Waals surface area contributed by atoms with Gasteiger partial charge in [-0.25, -0.2) is 4.98 Å². The van der Waals surface area contributed by atoms with Crippen LogP contribution in [-0.2, 0) is 11.2 Å². The molecule has 1 unspecified atom stereocenters. The van der Waals surface area contributed by atoms with Gasteiger partial charge in [-0.1, -0.05) is 42.5 Å². The summed E-state index contributed by atoms with van der Waals surface area (Å²) in [5.41, 5.74) is 2.46. The van der Waals surface area contributed by atoms with Crippen molar-refractivity contribution in [3.63, 3.8) is 0 Å². The highest BCUT2D eigenvalue weighted by Gasteiger charge is 2.27. The fraction of sp³-hybridized carbons (Fsp3) is 0.417. The predicted octanol–water partition coefficient (Wildman–Crippen LogP) is 3.35. The highest BCUT2D eigenvalue weighted by Crippen LogP contribution is 2.25. The van der Waals surface area contributed by atoms with Crippen molar-refractivity contribution in [1.82, 2.24) is 9.88 Å². The molecule has 1 N–H and O–H groups in total. The van der Waals surface area contributed by atoms with Crippen molar-refractivity contribution < 1.29 is 9.69 Å². The smallest absolute Gasteiger partial charge is 0.277 e.